The standard InChI is InChI=1S/C15H21NO4/c1-10(19-2)8-13-14(17)16-12(15(18)20-13)9-11-6-4-3-5-7-11/h3-7,10,12-13,15,18H,8-9H2,1-2H3,(H,16,17)/t10?,12-,13-,15?/m0/s1. The van der Waals surface area contributed by atoms with E-state index in [1.807, 2.05) is 37.3 Å². The van der Waals surface area contributed by atoms with Crippen LogP contribution in [0.25, 0.3) is 0 Å². The van der Waals surface area contributed by atoms with Crippen molar-refractivity contribution in [3.05, 3.63) is 35.9 Å². The minimum atomic E-state index is -0.998. The molecular weight excluding hydrogens is 258 g/mol. The van der Waals surface area contributed by atoms with Crippen LogP contribution in [-0.4, -0.2) is 42.7 Å². The number of benzene rings is 1. The van der Waals surface area contributed by atoms with Gasteiger partial charge in [-0.15, -0.1) is 0 Å². The molecule has 20 heavy (non-hydrogen) atoms. The maximum atomic E-state index is 12.0. The molecule has 1 heterocycles. The second kappa shape index (κ2) is 6.83. The van der Waals surface area contributed by atoms with Crippen molar-refractivity contribution in [1.82, 2.24) is 5.32 Å². The van der Waals surface area contributed by atoms with Crippen molar-refractivity contribution in [3.8, 4) is 0 Å². The van der Waals surface area contributed by atoms with Gasteiger partial charge in [0, 0.05) is 13.5 Å². The quantitative estimate of drug-likeness (QED) is 0.839. The molecule has 1 aliphatic rings. The van der Waals surface area contributed by atoms with E-state index in [-0.39, 0.29) is 12.0 Å². The number of aliphatic hydroxyl groups is 1. The topological polar surface area (TPSA) is 67.8 Å². The molecule has 0 aliphatic carbocycles. The van der Waals surface area contributed by atoms with Crippen molar-refractivity contribution in [3.63, 3.8) is 0 Å². The van der Waals surface area contributed by atoms with Crippen LogP contribution in [0.15, 0.2) is 30.3 Å². The molecule has 0 spiro atoms. The van der Waals surface area contributed by atoms with E-state index in [9.17, 15) is 9.90 Å². The summed E-state index contributed by atoms with van der Waals surface area (Å²) in [6, 6.07) is 9.28. The highest BCUT2D eigenvalue weighted by atomic mass is 16.6. The van der Waals surface area contributed by atoms with Gasteiger partial charge in [-0.1, -0.05) is 30.3 Å². The number of rotatable bonds is 5. The lowest BCUT2D eigenvalue weighted by Gasteiger charge is -2.34. The minimum absolute atomic E-state index is 0.0939. The van der Waals surface area contributed by atoms with Gasteiger partial charge in [-0.2, -0.15) is 0 Å². The average Bonchev–Trinajstić information content (AvgIpc) is 2.45. The van der Waals surface area contributed by atoms with Crippen LogP contribution in [0.4, 0.5) is 0 Å². The van der Waals surface area contributed by atoms with Gasteiger partial charge in [-0.25, -0.2) is 0 Å². The Morgan fingerprint density at radius 3 is 2.75 bits per heavy atom. The number of aliphatic hydroxyl groups excluding tert-OH is 1. The van der Waals surface area contributed by atoms with Crippen LogP contribution in [0.1, 0.15) is 18.9 Å². The summed E-state index contributed by atoms with van der Waals surface area (Å²) in [4.78, 5) is 12.0. The van der Waals surface area contributed by atoms with E-state index in [1.54, 1.807) is 7.11 Å². The summed E-state index contributed by atoms with van der Waals surface area (Å²) in [7, 11) is 1.58. The highest BCUT2D eigenvalue weighted by molar-refractivity contribution is 5.81. The van der Waals surface area contributed by atoms with E-state index < -0.39 is 18.4 Å². The zero-order valence-electron chi connectivity index (χ0n) is 11.8. The van der Waals surface area contributed by atoms with Gasteiger partial charge in [0.25, 0.3) is 0 Å². The predicted molar refractivity (Wildman–Crippen MR) is 74.0 cm³/mol. The molecular formula is C15H21NO4. The summed E-state index contributed by atoms with van der Waals surface area (Å²) in [5.41, 5.74) is 1.05. The largest absolute Gasteiger partial charge is 0.382 e. The number of carbonyl (C=O) groups excluding carboxylic acids is 1. The smallest absolute Gasteiger partial charge is 0.249 e. The van der Waals surface area contributed by atoms with Crippen LogP contribution in [0.3, 0.4) is 0 Å². The van der Waals surface area contributed by atoms with E-state index in [0.29, 0.717) is 12.8 Å². The Hall–Kier alpha value is -1.43. The summed E-state index contributed by atoms with van der Waals surface area (Å²) < 4.78 is 10.5. The lowest BCUT2D eigenvalue weighted by atomic mass is 10.0. The molecule has 1 amide bonds. The maximum Gasteiger partial charge on any atom is 0.249 e. The third kappa shape index (κ3) is 3.79. The summed E-state index contributed by atoms with van der Waals surface area (Å²) >= 11 is 0. The summed E-state index contributed by atoms with van der Waals surface area (Å²) in [5.74, 6) is -0.194. The Morgan fingerprint density at radius 1 is 1.40 bits per heavy atom. The predicted octanol–water partition coefficient (Wildman–Crippen LogP) is 0.856. The van der Waals surface area contributed by atoms with Crippen LogP contribution in [0.2, 0.25) is 0 Å². The fourth-order valence-electron chi connectivity index (χ4n) is 2.25. The van der Waals surface area contributed by atoms with Crippen LogP contribution >= 0.6 is 0 Å². The molecule has 1 aliphatic heterocycles. The first-order valence-corrected chi connectivity index (χ1v) is 6.80. The monoisotopic (exact) mass is 279 g/mol. The van der Waals surface area contributed by atoms with Gasteiger partial charge in [-0.3, -0.25) is 4.79 Å². The van der Waals surface area contributed by atoms with Gasteiger partial charge in [0.1, 0.15) is 6.10 Å². The van der Waals surface area contributed by atoms with Gasteiger partial charge in [0.2, 0.25) is 5.91 Å². The van der Waals surface area contributed by atoms with Gasteiger partial charge < -0.3 is 19.9 Å². The van der Waals surface area contributed by atoms with Crippen molar-refractivity contribution in [1.29, 1.82) is 0 Å². The summed E-state index contributed by atoms with van der Waals surface area (Å²) in [6.45, 7) is 1.86. The molecule has 2 unspecified atom stereocenters. The first-order chi connectivity index (χ1) is 9.60. The molecule has 2 N–H and O–H groups in total. The van der Waals surface area contributed by atoms with Crippen molar-refractivity contribution in [2.24, 2.45) is 0 Å². The van der Waals surface area contributed by atoms with E-state index in [0.717, 1.165) is 5.56 Å². The fourth-order valence-corrected chi connectivity index (χ4v) is 2.25. The molecule has 0 radical (unpaired) electrons. The zero-order valence-corrected chi connectivity index (χ0v) is 11.8. The minimum Gasteiger partial charge on any atom is -0.382 e. The second-order valence-electron chi connectivity index (χ2n) is 5.10. The Labute approximate surface area is 118 Å². The van der Waals surface area contributed by atoms with Crippen molar-refractivity contribution in [2.45, 2.75) is 44.3 Å². The normalized spacial score (nSPS) is 27.9. The highest BCUT2D eigenvalue weighted by Crippen LogP contribution is 2.17. The molecule has 4 atom stereocenters. The van der Waals surface area contributed by atoms with Gasteiger partial charge in [0.05, 0.1) is 12.1 Å². The average molecular weight is 279 g/mol. The van der Waals surface area contributed by atoms with Crippen molar-refractivity contribution < 1.29 is 19.4 Å². The first-order valence-electron chi connectivity index (χ1n) is 6.80. The Morgan fingerprint density at radius 2 is 2.10 bits per heavy atom. The van der Waals surface area contributed by atoms with Gasteiger partial charge >= 0.3 is 0 Å². The van der Waals surface area contributed by atoms with Gasteiger partial charge in [-0.05, 0) is 18.9 Å². The molecule has 110 valence electrons. The molecule has 1 saturated heterocycles. The third-order valence-electron chi connectivity index (χ3n) is 3.51. The van der Waals surface area contributed by atoms with E-state index in [2.05, 4.69) is 5.32 Å². The van der Waals surface area contributed by atoms with Gasteiger partial charge in [0.15, 0.2) is 6.29 Å². The van der Waals surface area contributed by atoms with E-state index in [1.165, 1.54) is 0 Å². The zero-order chi connectivity index (χ0) is 14.5. The molecule has 0 bridgehead atoms. The number of hydrogen-bond donors (Lipinski definition) is 2. The Bertz CT molecular complexity index is 437. The third-order valence-corrected chi connectivity index (χ3v) is 3.51. The number of nitrogens with one attached hydrogen (secondary N) is 1. The number of amides is 1. The van der Waals surface area contributed by atoms with Crippen LogP contribution in [0, 0.1) is 0 Å². The Kier molecular flexibility index (Phi) is 5.11. The fraction of sp³-hybridized carbons (Fsp3) is 0.533. The molecule has 1 aromatic carbocycles. The number of morpholine rings is 1. The highest BCUT2D eigenvalue weighted by Gasteiger charge is 2.35. The number of hydrogen-bond acceptors (Lipinski definition) is 4. The number of carbonyl (C=O) groups is 1. The van der Waals surface area contributed by atoms with Crippen molar-refractivity contribution >= 4 is 5.91 Å². The SMILES string of the molecule is COC(C)C[C@@H]1OC(O)[C@H](Cc2ccccc2)NC1=O. The lowest BCUT2D eigenvalue weighted by Crippen LogP contribution is -2.57. The summed E-state index contributed by atoms with van der Waals surface area (Å²) in [6.07, 6.45) is -0.782. The lowest BCUT2D eigenvalue weighted by molar-refractivity contribution is -0.193. The number of ether oxygens (including phenoxy) is 2. The molecule has 1 aromatic rings. The van der Waals surface area contributed by atoms with Crippen molar-refractivity contribution in [2.75, 3.05) is 7.11 Å². The summed E-state index contributed by atoms with van der Waals surface area (Å²) in [5, 5.41) is 12.9. The Balaban J connectivity index is 1.94. The van der Waals surface area contributed by atoms with E-state index in [4.69, 9.17) is 9.47 Å². The van der Waals surface area contributed by atoms with E-state index >= 15 is 0 Å². The second-order valence-corrected chi connectivity index (χ2v) is 5.10. The van der Waals surface area contributed by atoms with Crippen LogP contribution < -0.4 is 5.32 Å². The molecule has 5 heteroatoms. The molecule has 1 fully saturated rings. The first kappa shape index (κ1) is 15.0. The molecule has 0 saturated carbocycles. The maximum absolute atomic E-state index is 12.0. The molecule has 5 nitrogen and oxygen atoms in total. The van der Waals surface area contributed by atoms with Crippen LogP contribution in [-0.2, 0) is 20.7 Å². The number of methoxy groups -OCH3 is 1. The van der Waals surface area contributed by atoms with Crippen LogP contribution in [0.5, 0.6) is 0 Å². The molecule has 2 rings (SSSR count). The molecule has 0 aromatic heterocycles.